The van der Waals surface area contributed by atoms with E-state index in [1.807, 2.05) is 12.1 Å². The largest absolute Gasteiger partial charge is 0.497 e. The van der Waals surface area contributed by atoms with Gasteiger partial charge in [-0.3, -0.25) is 0 Å². The van der Waals surface area contributed by atoms with Crippen LogP contribution in [0.25, 0.3) is 5.57 Å². The third-order valence-corrected chi connectivity index (χ3v) is 5.91. The van der Waals surface area contributed by atoms with E-state index in [-0.39, 0.29) is 0 Å². The van der Waals surface area contributed by atoms with E-state index in [0.29, 0.717) is 0 Å². The van der Waals surface area contributed by atoms with Gasteiger partial charge in [0.1, 0.15) is 11.3 Å². The predicted molar refractivity (Wildman–Crippen MR) is 121 cm³/mol. The van der Waals surface area contributed by atoms with Crippen molar-refractivity contribution >= 4 is 11.4 Å². The Bertz CT molecular complexity index is 1100. The molecule has 29 heavy (non-hydrogen) atoms. The van der Waals surface area contributed by atoms with Crippen molar-refractivity contribution in [3.63, 3.8) is 0 Å². The standard InChI is InChI=1S/C27H29O2/c1-16-12-18(3)23(19(4)13-16)24-25-20(5)14-17(2)15-27(25,6)29-26(24)21-8-10-22(28-7)11-9-21/h8-15H,1-7H3/q+1. The van der Waals surface area contributed by atoms with Gasteiger partial charge < -0.3 is 4.74 Å². The van der Waals surface area contributed by atoms with E-state index in [0.717, 1.165) is 17.1 Å². The van der Waals surface area contributed by atoms with Gasteiger partial charge in [0.15, 0.2) is 0 Å². The second kappa shape index (κ2) is 6.88. The number of methoxy groups -OCH3 is 1. The fraction of sp³-hybridized carbons (Fsp3) is 0.296. The van der Waals surface area contributed by atoms with Crippen molar-refractivity contribution in [3.8, 4) is 5.75 Å². The molecule has 0 aromatic heterocycles. The molecular weight excluding hydrogens is 356 g/mol. The maximum atomic E-state index is 6.75. The monoisotopic (exact) mass is 385 g/mol. The van der Waals surface area contributed by atoms with Gasteiger partial charge in [-0.25, -0.2) is 4.42 Å². The summed E-state index contributed by atoms with van der Waals surface area (Å²) >= 11 is 0. The van der Waals surface area contributed by atoms with Gasteiger partial charge in [0.2, 0.25) is 0 Å². The van der Waals surface area contributed by atoms with Crippen LogP contribution in [0.15, 0.2) is 65.3 Å². The molecule has 1 aliphatic heterocycles. The Morgan fingerprint density at radius 2 is 1.52 bits per heavy atom. The molecule has 1 heterocycles. The van der Waals surface area contributed by atoms with Crippen LogP contribution < -0.4 is 4.74 Å². The summed E-state index contributed by atoms with van der Waals surface area (Å²) in [6.07, 6.45) is 4.50. The molecule has 148 valence electrons. The van der Waals surface area contributed by atoms with Gasteiger partial charge in [0.05, 0.1) is 18.2 Å². The molecule has 0 spiro atoms. The van der Waals surface area contributed by atoms with Crippen LogP contribution in [0, 0.1) is 20.8 Å². The lowest BCUT2D eigenvalue weighted by atomic mass is 9.77. The molecule has 1 unspecified atom stereocenters. The van der Waals surface area contributed by atoms with E-state index < -0.39 is 5.60 Å². The van der Waals surface area contributed by atoms with Crippen LogP contribution in [0.4, 0.5) is 0 Å². The van der Waals surface area contributed by atoms with Crippen LogP contribution >= 0.6 is 0 Å². The van der Waals surface area contributed by atoms with Crippen LogP contribution in [0.1, 0.15) is 53.0 Å². The molecule has 0 bridgehead atoms. The van der Waals surface area contributed by atoms with Crippen LogP contribution in [-0.4, -0.2) is 18.5 Å². The number of carbonyl (C=O) groups excluding carboxylic acids is 1. The van der Waals surface area contributed by atoms with Crippen molar-refractivity contribution < 1.29 is 9.16 Å². The molecule has 0 saturated carbocycles. The minimum Gasteiger partial charge on any atom is -0.497 e. The van der Waals surface area contributed by atoms with Crippen molar-refractivity contribution in [3.05, 3.63) is 93.1 Å². The first-order chi connectivity index (χ1) is 13.7. The summed E-state index contributed by atoms with van der Waals surface area (Å²) in [5.74, 6) is 1.79. The quantitative estimate of drug-likeness (QED) is 0.555. The summed E-state index contributed by atoms with van der Waals surface area (Å²) in [5.41, 5.74) is 10.7. The number of ketones is 1. The minimum atomic E-state index is -0.461. The lowest BCUT2D eigenvalue weighted by Crippen LogP contribution is -2.24. The molecule has 4 rings (SSSR count). The molecule has 2 aromatic carbocycles. The first kappa shape index (κ1) is 19.4. The van der Waals surface area contributed by atoms with Gasteiger partial charge in [0.25, 0.3) is 0 Å². The lowest BCUT2D eigenvalue weighted by Gasteiger charge is -2.20. The van der Waals surface area contributed by atoms with Gasteiger partial charge in [-0.2, -0.15) is 0 Å². The van der Waals surface area contributed by atoms with E-state index in [2.05, 4.69) is 78.0 Å². The number of aryl methyl sites for hydroxylation is 3. The molecule has 1 atom stereocenters. The highest BCUT2D eigenvalue weighted by molar-refractivity contribution is 6.32. The van der Waals surface area contributed by atoms with Crippen LogP contribution in [0.2, 0.25) is 0 Å². The van der Waals surface area contributed by atoms with Crippen molar-refractivity contribution in [2.24, 2.45) is 0 Å². The maximum Gasteiger partial charge on any atom is 0.360 e. The lowest BCUT2D eigenvalue weighted by molar-refractivity contribution is -0.339. The summed E-state index contributed by atoms with van der Waals surface area (Å²) in [6.45, 7) is 13.1. The first-order valence-corrected chi connectivity index (χ1v) is 10.2. The zero-order chi connectivity index (χ0) is 20.9. The van der Waals surface area contributed by atoms with Gasteiger partial charge in [0, 0.05) is 13.0 Å². The Balaban J connectivity index is 2.04. The fourth-order valence-corrected chi connectivity index (χ4v) is 5.01. The Morgan fingerprint density at radius 3 is 2.10 bits per heavy atom. The summed E-state index contributed by atoms with van der Waals surface area (Å²) < 4.78 is 12.1. The number of fused-ring (bicyclic) bond motifs is 1. The van der Waals surface area contributed by atoms with E-state index in [1.54, 1.807) is 7.11 Å². The normalized spacial score (nSPS) is 20.9. The summed E-state index contributed by atoms with van der Waals surface area (Å²) in [4.78, 5) is 0. The third-order valence-electron chi connectivity index (χ3n) is 5.91. The molecule has 2 aliphatic rings. The number of rotatable bonds is 3. The van der Waals surface area contributed by atoms with Gasteiger partial charge in [-0.05, 0) is 86.7 Å². The molecule has 0 saturated heterocycles. The van der Waals surface area contributed by atoms with Crippen LogP contribution in [-0.2, 0) is 0 Å². The smallest absolute Gasteiger partial charge is 0.360 e. The second-order valence-electron chi connectivity index (χ2n) is 8.51. The SMILES string of the molecule is COc1ccc(C2=[O+]C3(C)C=C(C)C=C(C)C3=C2c2c(C)cc(C)cc2C)cc1. The molecule has 0 N–H and O–H groups in total. The molecule has 2 nitrogen and oxygen atoms in total. The number of hydrogen-bond donors (Lipinski definition) is 0. The average molecular weight is 386 g/mol. The van der Waals surface area contributed by atoms with Gasteiger partial charge >= 0.3 is 11.4 Å². The van der Waals surface area contributed by atoms with Crippen LogP contribution in [0.3, 0.4) is 0 Å². The van der Waals surface area contributed by atoms with E-state index in [9.17, 15) is 0 Å². The van der Waals surface area contributed by atoms with Crippen molar-refractivity contribution in [1.29, 1.82) is 0 Å². The van der Waals surface area contributed by atoms with E-state index in [4.69, 9.17) is 9.16 Å². The summed E-state index contributed by atoms with van der Waals surface area (Å²) in [6, 6.07) is 12.7. The van der Waals surface area contributed by atoms with Crippen molar-refractivity contribution in [2.75, 3.05) is 7.11 Å². The fourth-order valence-electron chi connectivity index (χ4n) is 5.01. The summed E-state index contributed by atoms with van der Waals surface area (Å²) in [7, 11) is 1.69. The highest BCUT2D eigenvalue weighted by Crippen LogP contribution is 2.47. The second-order valence-corrected chi connectivity index (χ2v) is 8.51. The Labute approximate surface area is 173 Å². The minimum absolute atomic E-state index is 0.461. The number of benzene rings is 2. The maximum absolute atomic E-state index is 6.75. The molecular formula is C27H29O2+. The zero-order valence-electron chi connectivity index (χ0n) is 18.4. The Hall–Kier alpha value is -2.87. The number of hydrogen-bond acceptors (Lipinski definition) is 1. The molecule has 1 aliphatic carbocycles. The molecule has 2 heteroatoms. The average Bonchev–Trinajstić information content (AvgIpc) is 2.94. The van der Waals surface area contributed by atoms with Gasteiger partial charge in [-0.15, -0.1) is 0 Å². The molecule has 0 amide bonds. The molecule has 0 fully saturated rings. The van der Waals surface area contributed by atoms with E-state index in [1.165, 1.54) is 44.5 Å². The Kier molecular flexibility index (Phi) is 4.61. The van der Waals surface area contributed by atoms with Crippen molar-refractivity contribution in [1.82, 2.24) is 0 Å². The number of ether oxygens (including phenoxy) is 1. The number of allylic oxidation sites excluding steroid dienone is 3. The highest BCUT2D eigenvalue weighted by atomic mass is 16.5. The molecule has 2 aromatic rings. The third kappa shape index (κ3) is 3.17. The van der Waals surface area contributed by atoms with Crippen LogP contribution in [0.5, 0.6) is 5.75 Å². The zero-order valence-corrected chi connectivity index (χ0v) is 18.4. The first-order valence-electron chi connectivity index (χ1n) is 10.2. The summed E-state index contributed by atoms with van der Waals surface area (Å²) in [5, 5.41) is 0. The van der Waals surface area contributed by atoms with Crippen molar-refractivity contribution in [2.45, 2.75) is 47.1 Å². The van der Waals surface area contributed by atoms with E-state index >= 15 is 0 Å². The highest BCUT2D eigenvalue weighted by Gasteiger charge is 2.52. The van der Waals surface area contributed by atoms with Gasteiger partial charge in [-0.1, -0.05) is 23.8 Å². The predicted octanol–water partition coefficient (Wildman–Crippen LogP) is 6.47. The Morgan fingerprint density at radius 1 is 0.897 bits per heavy atom. The molecule has 0 radical (unpaired) electrons. The topological polar surface area (TPSA) is 20.5 Å².